The molecule has 136 valence electrons. The van der Waals surface area contributed by atoms with Crippen molar-refractivity contribution >= 4 is 51.1 Å². The molecular formula is C18H15N5O2S2. The lowest BCUT2D eigenvalue weighted by Gasteiger charge is -2.06. The van der Waals surface area contributed by atoms with Crippen LogP contribution >= 0.6 is 22.7 Å². The average molecular weight is 397 g/mol. The number of aromatic nitrogens is 3. The van der Waals surface area contributed by atoms with Gasteiger partial charge >= 0.3 is 0 Å². The van der Waals surface area contributed by atoms with E-state index in [1.54, 1.807) is 19.1 Å². The lowest BCUT2D eigenvalue weighted by Crippen LogP contribution is -2.44. The molecule has 7 nitrogen and oxygen atoms in total. The van der Waals surface area contributed by atoms with E-state index in [2.05, 4.69) is 27.5 Å². The van der Waals surface area contributed by atoms with Crippen molar-refractivity contribution < 1.29 is 4.79 Å². The first-order valence-corrected chi connectivity index (χ1v) is 9.71. The molecule has 1 aromatic carbocycles. The fraction of sp³-hybridized carbons (Fsp3) is 0.0556. The number of carbonyl (C=O) groups excluding carboxylic acids is 1. The molecule has 0 saturated heterocycles. The van der Waals surface area contributed by atoms with E-state index in [9.17, 15) is 9.59 Å². The Labute approximate surface area is 161 Å². The van der Waals surface area contributed by atoms with Crippen LogP contribution in [0.4, 0.5) is 0 Å². The number of nitrogens with one attached hydrogen (secondary N) is 3. The summed E-state index contributed by atoms with van der Waals surface area (Å²) in [5.74, 6) is -0.267. The molecule has 3 N–H and O–H groups in total. The number of fused-ring (bicyclic) bond motifs is 1. The van der Waals surface area contributed by atoms with E-state index in [-0.39, 0.29) is 11.5 Å². The van der Waals surface area contributed by atoms with Gasteiger partial charge in [-0.25, -0.2) is 4.98 Å². The standard InChI is InChI=1S/C18H15N5O2S2/c1-10(20-21-16(24)14-8-5-9-26-14)15-11(2)22-23(17(15)25)18-19-12-6-3-4-7-13(12)27-18/h3-9,20,22H,2H2,1H3,(H,21,24). The summed E-state index contributed by atoms with van der Waals surface area (Å²) < 4.78 is 2.36. The molecule has 0 atom stereocenters. The number of amides is 1. The van der Waals surface area contributed by atoms with Gasteiger partial charge < -0.3 is 5.43 Å². The van der Waals surface area contributed by atoms with Gasteiger partial charge in [-0.2, -0.15) is 4.68 Å². The van der Waals surface area contributed by atoms with Gasteiger partial charge in [-0.3, -0.25) is 20.1 Å². The van der Waals surface area contributed by atoms with Gasteiger partial charge in [0.25, 0.3) is 11.5 Å². The first-order valence-electron chi connectivity index (χ1n) is 8.01. The highest BCUT2D eigenvalue weighted by molar-refractivity contribution is 7.20. The van der Waals surface area contributed by atoms with Gasteiger partial charge in [0.2, 0.25) is 5.13 Å². The lowest BCUT2D eigenvalue weighted by molar-refractivity contribution is 0.0946. The Morgan fingerprint density at radius 2 is 2.04 bits per heavy atom. The third-order valence-electron chi connectivity index (χ3n) is 3.92. The topological polar surface area (TPSA) is 91.8 Å². The molecular weight excluding hydrogens is 382 g/mol. The molecule has 0 aliphatic rings. The van der Waals surface area contributed by atoms with Crippen molar-refractivity contribution in [2.24, 2.45) is 0 Å². The number of hydrazine groups is 1. The quantitative estimate of drug-likeness (QED) is 0.453. The van der Waals surface area contributed by atoms with Crippen molar-refractivity contribution in [3.63, 3.8) is 0 Å². The van der Waals surface area contributed by atoms with Crippen LogP contribution in [0.25, 0.3) is 27.6 Å². The minimum absolute atomic E-state index is 0.267. The fourth-order valence-electron chi connectivity index (χ4n) is 2.64. The second kappa shape index (κ2) is 6.86. The van der Waals surface area contributed by atoms with Crippen LogP contribution in [-0.2, 0) is 0 Å². The highest BCUT2D eigenvalue weighted by atomic mass is 32.1. The summed E-state index contributed by atoms with van der Waals surface area (Å²) in [5, 5.41) is 6.11. The number of hydrogen-bond acceptors (Lipinski definition) is 6. The maximum Gasteiger partial charge on any atom is 0.283 e. The van der Waals surface area contributed by atoms with Crippen LogP contribution in [0.1, 0.15) is 16.6 Å². The molecule has 0 saturated carbocycles. The van der Waals surface area contributed by atoms with Crippen molar-refractivity contribution in [1.29, 1.82) is 0 Å². The van der Waals surface area contributed by atoms with Gasteiger partial charge in [0.15, 0.2) is 0 Å². The zero-order chi connectivity index (χ0) is 19.0. The number of thiophene rings is 1. The van der Waals surface area contributed by atoms with Gasteiger partial charge in [0, 0.05) is 5.70 Å². The summed E-state index contributed by atoms with van der Waals surface area (Å²) in [6.07, 6.45) is 0. The highest BCUT2D eigenvalue weighted by Crippen LogP contribution is 2.22. The van der Waals surface area contributed by atoms with Gasteiger partial charge in [0.05, 0.1) is 25.7 Å². The van der Waals surface area contributed by atoms with Crippen LogP contribution in [0.2, 0.25) is 0 Å². The summed E-state index contributed by atoms with van der Waals surface area (Å²) in [5.41, 5.74) is 6.42. The number of hydrogen-bond donors (Lipinski definition) is 3. The van der Waals surface area contributed by atoms with E-state index in [1.165, 1.54) is 27.4 Å². The summed E-state index contributed by atoms with van der Waals surface area (Å²) in [6.45, 7) is 5.61. The van der Waals surface area contributed by atoms with Crippen LogP contribution in [0, 0.1) is 0 Å². The first-order chi connectivity index (χ1) is 13.0. The zero-order valence-electron chi connectivity index (χ0n) is 14.3. The summed E-state index contributed by atoms with van der Waals surface area (Å²) in [7, 11) is 0. The number of thiazole rings is 1. The normalized spacial score (nSPS) is 12.2. The molecule has 3 aromatic heterocycles. The fourth-order valence-corrected chi connectivity index (χ4v) is 4.19. The molecule has 0 fully saturated rings. The SMILES string of the molecule is C=c1[nH]n(-c2nc3ccccc3s2)c(=O)c1=C(C)NNC(=O)c1cccs1. The smallest absolute Gasteiger partial charge is 0.283 e. The molecule has 4 aromatic rings. The third-order valence-corrected chi connectivity index (χ3v) is 5.81. The molecule has 0 aliphatic heterocycles. The number of benzene rings is 1. The van der Waals surface area contributed by atoms with Gasteiger partial charge in [-0.1, -0.05) is 36.1 Å². The van der Waals surface area contributed by atoms with Crippen molar-refractivity contribution in [3.8, 4) is 5.13 Å². The first kappa shape index (κ1) is 17.3. The van der Waals surface area contributed by atoms with Crippen LogP contribution < -0.4 is 27.0 Å². The predicted octanol–water partition coefficient (Wildman–Crippen LogP) is 1.31. The summed E-state index contributed by atoms with van der Waals surface area (Å²) in [6, 6.07) is 11.2. The summed E-state index contributed by atoms with van der Waals surface area (Å²) >= 11 is 2.75. The second-order valence-electron chi connectivity index (χ2n) is 5.75. The van der Waals surface area contributed by atoms with Crippen molar-refractivity contribution in [2.75, 3.05) is 0 Å². The molecule has 9 heteroatoms. The van der Waals surface area contributed by atoms with Gasteiger partial charge in [-0.15, -0.1) is 11.3 Å². The monoisotopic (exact) mass is 397 g/mol. The second-order valence-corrected chi connectivity index (χ2v) is 7.71. The largest absolute Gasteiger partial charge is 0.302 e. The van der Waals surface area contributed by atoms with Gasteiger partial charge in [-0.05, 0) is 30.5 Å². The maximum absolute atomic E-state index is 12.9. The number of para-hydroxylation sites is 1. The lowest BCUT2D eigenvalue weighted by atomic mass is 10.3. The Kier molecular flexibility index (Phi) is 4.38. The van der Waals surface area contributed by atoms with Crippen molar-refractivity contribution in [1.82, 2.24) is 25.6 Å². The minimum atomic E-state index is -0.283. The van der Waals surface area contributed by atoms with Gasteiger partial charge in [0.1, 0.15) is 0 Å². The zero-order valence-corrected chi connectivity index (χ0v) is 15.9. The molecule has 0 spiro atoms. The van der Waals surface area contributed by atoms with Crippen molar-refractivity contribution in [2.45, 2.75) is 6.92 Å². The van der Waals surface area contributed by atoms with Crippen molar-refractivity contribution in [3.05, 3.63) is 67.6 Å². The van der Waals surface area contributed by atoms with E-state index in [1.807, 2.05) is 29.6 Å². The average Bonchev–Trinajstić information content (AvgIpc) is 3.38. The molecule has 4 rings (SSSR count). The van der Waals surface area contributed by atoms with E-state index in [4.69, 9.17) is 0 Å². The van der Waals surface area contributed by atoms with E-state index in [0.29, 0.717) is 26.3 Å². The molecule has 3 heterocycles. The molecule has 27 heavy (non-hydrogen) atoms. The Balaban J connectivity index is 1.69. The number of carbonyl (C=O) groups is 1. The number of nitrogens with zero attached hydrogens (tertiary/aromatic N) is 2. The molecule has 1 amide bonds. The Hall–Kier alpha value is -3.17. The van der Waals surface area contributed by atoms with E-state index in [0.717, 1.165) is 10.2 Å². The van der Waals surface area contributed by atoms with Crippen LogP contribution in [-0.4, -0.2) is 20.7 Å². The maximum atomic E-state index is 12.9. The molecule has 0 unspecified atom stereocenters. The minimum Gasteiger partial charge on any atom is -0.302 e. The molecule has 0 bridgehead atoms. The molecule has 0 radical (unpaired) electrons. The Morgan fingerprint density at radius 3 is 2.78 bits per heavy atom. The Morgan fingerprint density at radius 1 is 1.22 bits per heavy atom. The number of H-pyrrole nitrogens is 1. The Bertz CT molecular complexity index is 1260. The van der Waals surface area contributed by atoms with E-state index < -0.39 is 0 Å². The number of rotatable bonds is 4. The van der Waals surface area contributed by atoms with Crippen LogP contribution in [0.15, 0.2) is 46.6 Å². The highest BCUT2D eigenvalue weighted by Gasteiger charge is 2.12. The molecule has 0 aliphatic carbocycles. The predicted molar refractivity (Wildman–Crippen MR) is 108 cm³/mol. The number of aromatic amines is 1. The van der Waals surface area contributed by atoms with Crippen LogP contribution in [0.5, 0.6) is 0 Å². The third kappa shape index (κ3) is 3.18. The van der Waals surface area contributed by atoms with E-state index >= 15 is 0 Å². The van der Waals surface area contributed by atoms with Crippen LogP contribution in [0.3, 0.4) is 0 Å². The summed E-state index contributed by atoms with van der Waals surface area (Å²) in [4.78, 5) is 30.0.